The standard InChI is InChI=1S/C4H9O3P/c1-3(5)4(6-2)7-8/h4H,8H2,1-2H3. The zero-order valence-corrected chi connectivity index (χ0v) is 6.03. The van der Waals surface area contributed by atoms with Gasteiger partial charge in [0, 0.05) is 16.6 Å². The van der Waals surface area contributed by atoms with Crippen molar-refractivity contribution >= 4 is 15.2 Å². The lowest BCUT2D eigenvalue weighted by Crippen LogP contribution is -2.19. The molecule has 48 valence electrons. The highest BCUT2D eigenvalue weighted by Crippen LogP contribution is 1.98. The Morgan fingerprint density at radius 3 is 2.25 bits per heavy atom. The number of hydrogen-bond donors (Lipinski definition) is 0. The molecule has 0 heterocycles. The predicted molar refractivity (Wildman–Crippen MR) is 32.3 cm³/mol. The summed E-state index contributed by atoms with van der Waals surface area (Å²) in [7, 11) is 3.37. The average molecular weight is 136 g/mol. The van der Waals surface area contributed by atoms with Crippen molar-refractivity contribution in [1.82, 2.24) is 0 Å². The number of hydrogen-bond acceptors (Lipinski definition) is 3. The van der Waals surface area contributed by atoms with Crippen molar-refractivity contribution in [1.29, 1.82) is 0 Å². The van der Waals surface area contributed by atoms with Gasteiger partial charge in [0.25, 0.3) is 0 Å². The molecular weight excluding hydrogens is 127 g/mol. The van der Waals surface area contributed by atoms with Crippen molar-refractivity contribution in [2.24, 2.45) is 0 Å². The first kappa shape index (κ1) is 8.02. The second-order valence-corrected chi connectivity index (χ2v) is 1.59. The maximum absolute atomic E-state index is 10.3. The van der Waals surface area contributed by atoms with Gasteiger partial charge in [0.2, 0.25) is 6.29 Å². The van der Waals surface area contributed by atoms with Crippen LogP contribution in [0.1, 0.15) is 6.92 Å². The molecule has 3 nitrogen and oxygen atoms in total. The SMILES string of the molecule is COC(OP)C(C)=O. The van der Waals surface area contributed by atoms with E-state index in [9.17, 15) is 4.79 Å². The second-order valence-electron chi connectivity index (χ2n) is 1.31. The van der Waals surface area contributed by atoms with Crippen LogP contribution < -0.4 is 0 Å². The molecule has 0 aromatic heterocycles. The van der Waals surface area contributed by atoms with Gasteiger partial charge in [-0.2, -0.15) is 0 Å². The number of ketones is 1. The van der Waals surface area contributed by atoms with E-state index < -0.39 is 6.29 Å². The van der Waals surface area contributed by atoms with Gasteiger partial charge in [-0.15, -0.1) is 0 Å². The molecule has 0 bridgehead atoms. The maximum atomic E-state index is 10.3. The van der Waals surface area contributed by atoms with Crippen LogP contribution in [0, 0.1) is 0 Å². The smallest absolute Gasteiger partial charge is 0.219 e. The summed E-state index contributed by atoms with van der Waals surface area (Å²) in [5.74, 6) is -0.137. The molecule has 2 atom stereocenters. The van der Waals surface area contributed by atoms with E-state index in [0.29, 0.717) is 0 Å². The predicted octanol–water partition coefficient (Wildman–Crippen LogP) is 0.355. The molecule has 0 spiro atoms. The van der Waals surface area contributed by atoms with E-state index in [2.05, 4.69) is 9.26 Å². The molecule has 0 radical (unpaired) electrons. The van der Waals surface area contributed by atoms with Crippen LogP contribution in [-0.2, 0) is 14.1 Å². The first-order chi connectivity index (χ1) is 3.72. The summed E-state index contributed by atoms with van der Waals surface area (Å²) in [6.45, 7) is 1.40. The number of carbonyl (C=O) groups excluding carboxylic acids is 1. The van der Waals surface area contributed by atoms with Crippen molar-refractivity contribution in [2.45, 2.75) is 13.2 Å². The highest BCUT2D eigenvalue weighted by molar-refractivity contribution is 7.09. The van der Waals surface area contributed by atoms with Crippen molar-refractivity contribution in [3.63, 3.8) is 0 Å². The summed E-state index contributed by atoms with van der Waals surface area (Å²) >= 11 is 0. The Morgan fingerprint density at radius 1 is 1.75 bits per heavy atom. The van der Waals surface area contributed by atoms with Crippen LogP contribution in [0.3, 0.4) is 0 Å². The highest BCUT2D eigenvalue weighted by Gasteiger charge is 2.09. The third-order valence-corrected chi connectivity index (χ3v) is 0.917. The van der Waals surface area contributed by atoms with Gasteiger partial charge in [0.15, 0.2) is 5.78 Å². The Labute approximate surface area is 50.6 Å². The Bertz CT molecular complexity index is 79.4. The first-order valence-corrected chi connectivity index (χ1v) is 2.58. The van der Waals surface area contributed by atoms with Crippen LogP contribution in [0.5, 0.6) is 0 Å². The second kappa shape index (κ2) is 3.96. The lowest BCUT2D eigenvalue weighted by molar-refractivity contribution is -0.141. The van der Waals surface area contributed by atoms with E-state index in [1.165, 1.54) is 14.0 Å². The Kier molecular flexibility index (Phi) is 3.97. The van der Waals surface area contributed by atoms with E-state index >= 15 is 0 Å². The van der Waals surface area contributed by atoms with Crippen molar-refractivity contribution in [3.8, 4) is 0 Å². The average Bonchev–Trinajstić information content (AvgIpc) is 1.69. The topological polar surface area (TPSA) is 35.5 Å². The van der Waals surface area contributed by atoms with Gasteiger partial charge in [0.05, 0.1) is 0 Å². The third kappa shape index (κ3) is 2.36. The summed E-state index contributed by atoms with van der Waals surface area (Å²) in [4.78, 5) is 10.3. The van der Waals surface area contributed by atoms with Crippen molar-refractivity contribution in [2.75, 3.05) is 7.11 Å². The Hall–Kier alpha value is 0.0200. The molecule has 0 fully saturated rings. The van der Waals surface area contributed by atoms with E-state index in [0.717, 1.165) is 0 Å². The Balaban J connectivity index is 3.52. The quantitative estimate of drug-likeness (QED) is 0.415. The van der Waals surface area contributed by atoms with Gasteiger partial charge < -0.3 is 9.26 Å². The lowest BCUT2D eigenvalue weighted by atomic mass is 10.4. The van der Waals surface area contributed by atoms with Gasteiger partial charge in [-0.3, -0.25) is 4.79 Å². The minimum atomic E-state index is -0.722. The van der Waals surface area contributed by atoms with Crippen molar-refractivity contribution in [3.05, 3.63) is 0 Å². The largest absolute Gasteiger partial charge is 0.349 e. The molecule has 0 saturated heterocycles. The fraction of sp³-hybridized carbons (Fsp3) is 0.750. The van der Waals surface area contributed by atoms with E-state index in [4.69, 9.17) is 0 Å². The minimum Gasteiger partial charge on any atom is -0.349 e. The van der Waals surface area contributed by atoms with Crippen molar-refractivity contribution < 1.29 is 14.1 Å². The fourth-order valence-electron chi connectivity index (χ4n) is 0.317. The summed E-state index contributed by atoms with van der Waals surface area (Å²) in [5.41, 5.74) is 0. The molecule has 0 aliphatic heterocycles. The molecule has 2 unspecified atom stereocenters. The molecule has 0 N–H and O–H groups in total. The summed E-state index contributed by atoms with van der Waals surface area (Å²) in [6.07, 6.45) is -0.722. The van der Waals surface area contributed by atoms with Crippen LogP contribution in [0.15, 0.2) is 0 Å². The molecule has 0 amide bonds. The lowest BCUT2D eigenvalue weighted by Gasteiger charge is -2.06. The Morgan fingerprint density at radius 2 is 2.25 bits per heavy atom. The molecular formula is C4H9O3P. The van der Waals surface area contributed by atoms with Crippen LogP contribution in [0.25, 0.3) is 0 Å². The van der Waals surface area contributed by atoms with Gasteiger partial charge in [-0.25, -0.2) is 0 Å². The normalized spacial score (nSPS) is 13.4. The van der Waals surface area contributed by atoms with Crippen LogP contribution in [0.2, 0.25) is 0 Å². The molecule has 0 aromatic carbocycles. The fourth-order valence-corrected chi connectivity index (χ4v) is 0.620. The number of methoxy groups -OCH3 is 1. The summed E-state index contributed by atoms with van der Waals surface area (Å²) < 4.78 is 9.07. The van der Waals surface area contributed by atoms with Crippen LogP contribution in [0.4, 0.5) is 0 Å². The van der Waals surface area contributed by atoms with Gasteiger partial charge in [-0.05, 0) is 6.92 Å². The van der Waals surface area contributed by atoms with E-state index in [-0.39, 0.29) is 5.78 Å². The number of Topliss-reactive ketones (excluding diaryl/α,β-unsaturated/α-hetero) is 1. The van der Waals surface area contributed by atoms with E-state index in [1.54, 1.807) is 0 Å². The zero-order chi connectivity index (χ0) is 6.57. The maximum Gasteiger partial charge on any atom is 0.219 e. The van der Waals surface area contributed by atoms with Gasteiger partial charge >= 0.3 is 0 Å². The monoisotopic (exact) mass is 136 g/mol. The molecule has 8 heavy (non-hydrogen) atoms. The van der Waals surface area contributed by atoms with Crippen LogP contribution >= 0.6 is 9.47 Å². The summed E-state index contributed by atoms with van der Waals surface area (Å²) in [5, 5.41) is 0. The third-order valence-electron chi connectivity index (χ3n) is 0.670. The highest BCUT2D eigenvalue weighted by atomic mass is 31.0. The summed E-state index contributed by atoms with van der Waals surface area (Å²) in [6, 6.07) is 0. The van der Waals surface area contributed by atoms with Gasteiger partial charge in [0.1, 0.15) is 0 Å². The van der Waals surface area contributed by atoms with Gasteiger partial charge in [-0.1, -0.05) is 0 Å². The molecule has 0 rings (SSSR count). The number of rotatable bonds is 3. The number of carbonyl (C=O) groups is 1. The van der Waals surface area contributed by atoms with Crippen LogP contribution in [-0.4, -0.2) is 19.2 Å². The molecule has 0 aliphatic carbocycles. The molecule has 0 saturated carbocycles. The number of ether oxygens (including phenoxy) is 1. The first-order valence-electron chi connectivity index (χ1n) is 2.11. The molecule has 0 aliphatic rings. The molecule has 0 aromatic rings. The minimum absolute atomic E-state index is 0.137. The molecule has 4 heteroatoms. The van der Waals surface area contributed by atoms with E-state index in [1.807, 2.05) is 9.47 Å². The zero-order valence-electron chi connectivity index (χ0n) is 4.88.